The fourth-order valence-electron chi connectivity index (χ4n) is 4.61. The van der Waals surface area contributed by atoms with E-state index in [4.69, 9.17) is 9.47 Å². The summed E-state index contributed by atoms with van der Waals surface area (Å²) in [7, 11) is 0. The van der Waals surface area contributed by atoms with Crippen molar-refractivity contribution in [1.82, 2.24) is 15.2 Å². The van der Waals surface area contributed by atoms with Crippen LogP contribution in [0.25, 0.3) is 6.08 Å². The number of nitrogens with zero attached hydrogens (tertiary/aromatic N) is 2. The van der Waals surface area contributed by atoms with Crippen LogP contribution < -0.4 is 5.32 Å². The minimum Gasteiger partial charge on any atom is -0.448 e. The van der Waals surface area contributed by atoms with Crippen molar-refractivity contribution >= 4 is 35.8 Å². The van der Waals surface area contributed by atoms with Crippen molar-refractivity contribution < 1.29 is 23.9 Å². The Labute approximate surface area is 243 Å². The van der Waals surface area contributed by atoms with Gasteiger partial charge in [-0.15, -0.1) is 11.8 Å². The standard InChI is InChI=1S/C32H31N3O5S/c1-32(2,3)40-31(38)34-25-28(36)35-26(24(20-41-29(25)35)17-16-21-11-10-18-33-19-21)30(37)39-27(22-12-6-4-7-13-22)23-14-8-5-9-15-23/h4-19,25,27,29H,20H2,1-3H3,(H,34,38)/b17-16+/t25-,29+/m1/s1. The maximum atomic E-state index is 14.0. The van der Waals surface area contributed by atoms with E-state index in [1.165, 1.54) is 16.7 Å². The number of rotatable bonds is 7. The van der Waals surface area contributed by atoms with Crippen LogP contribution in [0.3, 0.4) is 0 Å². The van der Waals surface area contributed by atoms with Crippen LogP contribution in [-0.4, -0.2) is 50.6 Å². The van der Waals surface area contributed by atoms with E-state index in [0.29, 0.717) is 11.3 Å². The van der Waals surface area contributed by atoms with E-state index in [1.807, 2.05) is 84.9 Å². The average molecular weight is 570 g/mol. The molecule has 2 aliphatic heterocycles. The van der Waals surface area contributed by atoms with E-state index in [2.05, 4.69) is 10.3 Å². The second-order valence-corrected chi connectivity index (χ2v) is 11.7. The lowest BCUT2D eigenvalue weighted by atomic mass is 10.0. The molecular formula is C32H31N3O5S. The molecule has 0 radical (unpaired) electrons. The molecule has 210 valence electrons. The van der Waals surface area contributed by atoms with Crippen LogP contribution in [0.5, 0.6) is 0 Å². The average Bonchev–Trinajstić information content (AvgIpc) is 2.97. The number of amides is 2. The molecule has 8 nitrogen and oxygen atoms in total. The third kappa shape index (κ3) is 6.52. The molecule has 1 saturated heterocycles. The molecule has 3 aromatic rings. The molecule has 0 aliphatic carbocycles. The summed E-state index contributed by atoms with van der Waals surface area (Å²) < 4.78 is 11.5. The van der Waals surface area contributed by atoms with Gasteiger partial charge in [0, 0.05) is 18.1 Å². The summed E-state index contributed by atoms with van der Waals surface area (Å²) in [6, 6.07) is 21.9. The van der Waals surface area contributed by atoms with Crippen molar-refractivity contribution in [2.24, 2.45) is 0 Å². The number of pyridine rings is 1. The number of aromatic nitrogens is 1. The third-order valence-corrected chi connectivity index (χ3v) is 7.76. The Hall–Kier alpha value is -4.37. The van der Waals surface area contributed by atoms with E-state index in [0.717, 1.165) is 16.7 Å². The number of β-lactam (4-membered cyclic amide) rings is 1. The highest BCUT2D eigenvalue weighted by molar-refractivity contribution is 8.00. The van der Waals surface area contributed by atoms with Gasteiger partial charge in [0.05, 0.1) is 0 Å². The predicted octanol–water partition coefficient (Wildman–Crippen LogP) is 5.49. The molecule has 1 aromatic heterocycles. The fourth-order valence-corrected chi connectivity index (χ4v) is 5.93. The topological polar surface area (TPSA) is 97.8 Å². The summed E-state index contributed by atoms with van der Waals surface area (Å²) in [5.74, 6) is -0.588. The highest BCUT2D eigenvalue weighted by Gasteiger charge is 2.54. The zero-order valence-electron chi connectivity index (χ0n) is 23.0. The number of hydrogen-bond donors (Lipinski definition) is 1. The minimum atomic E-state index is -0.819. The smallest absolute Gasteiger partial charge is 0.408 e. The van der Waals surface area contributed by atoms with Crippen molar-refractivity contribution in [1.29, 1.82) is 0 Å². The molecule has 9 heteroatoms. The number of esters is 1. The summed E-state index contributed by atoms with van der Waals surface area (Å²) in [5.41, 5.74) is 2.56. The Morgan fingerprint density at radius 2 is 1.66 bits per heavy atom. The zero-order chi connectivity index (χ0) is 29.0. The lowest BCUT2D eigenvalue weighted by molar-refractivity contribution is -0.153. The molecule has 5 rings (SSSR count). The number of carbonyl (C=O) groups is 3. The summed E-state index contributed by atoms with van der Waals surface area (Å²) in [4.78, 5) is 45.4. The van der Waals surface area contributed by atoms with E-state index in [1.54, 1.807) is 33.2 Å². The fraction of sp³-hybridized carbons (Fsp3) is 0.250. The second kappa shape index (κ2) is 12.0. The van der Waals surface area contributed by atoms with Crippen LogP contribution >= 0.6 is 11.8 Å². The molecule has 0 saturated carbocycles. The van der Waals surface area contributed by atoms with Gasteiger partial charge in [-0.05, 0) is 49.1 Å². The number of hydrogen-bond acceptors (Lipinski definition) is 7. The molecule has 2 amide bonds. The van der Waals surface area contributed by atoms with Crippen LogP contribution in [0.1, 0.15) is 43.6 Å². The number of ether oxygens (including phenoxy) is 2. The molecule has 1 N–H and O–H groups in total. The molecular weight excluding hydrogens is 538 g/mol. The van der Waals surface area contributed by atoms with Gasteiger partial charge in [-0.25, -0.2) is 9.59 Å². The van der Waals surface area contributed by atoms with Crippen molar-refractivity contribution in [3.8, 4) is 0 Å². The van der Waals surface area contributed by atoms with Crippen molar-refractivity contribution in [3.63, 3.8) is 0 Å². The number of allylic oxidation sites excluding steroid dienone is 1. The molecule has 0 bridgehead atoms. The van der Waals surface area contributed by atoms with Gasteiger partial charge in [-0.3, -0.25) is 14.7 Å². The van der Waals surface area contributed by atoms with Crippen LogP contribution in [-0.2, 0) is 19.1 Å². The lowest BCUT2D eigenvalue weighted by Gasteiger charge is -2.49. The van der Waals surface area contributed by atoms with Gasteiger partial charge in [-0.2, -0.15) is 0 Å². The van der Waals surface area contributed by atoms with E-state index >= 15 is 0 Å². The predicted molar refractivity (Wildman–Crippen MR) is 157 cm³/mol. The Balaban J connectivity index is 1.47. The van der Waals surface area contributed by atoms with Crippen LogP contribution in [0.4, 0.5) is 4.79 Å². The Bertz CT molecular complexity index is 1430. The molecule has 0 unspecified atom stereocenters. The van der Waals surface area contributed by atoms with E-state index in [9.17, 15) is 14.4 Å². The van der Waals surface area contributed by atoms with E-state index < -0.39 is 41.1 Å². The van der Waals surface area contributed by atoms with Gasteiger partial charge in [0.2, 0.25) is 0 Å². The van der Waals surface area contributed by atoms with Crippen LogP contribution in [0, 0.1) is 0 Å². The normalized spacial score (nSPS) is 18.6. The number of carbonyl (C=O) groups excluding carboxylic acids is 3. The summed E-state index contributed by atoms with van der Waals surface area (Å²) in [6.45, 7) is 5.26. The molecule has 2 atom stereocenters. The van der Waals surface area contributed by atoms with Gasteiger partial charge in [-0.1, -0.05) is 78.9 Å². The number of fused-ring (bicyclic) bond motifs is 1. The van der Waals surface area contributed by atoms with E-state index in [-0.39, 0.29) is 5.70 Å². The molecule has 41 heavy (non-hydrogen) atoms. The summed E-state index contributed by atoms with van der Waals surface area (Å²) in [6.07, 6.45) is 5.71. The maximum absolute atomic E-state index is 14.0. The quantitative estimate of drug-likeness (QED) is 0.297. The Morgan fingerprint density at radius 3 is 2.24 bits per heavy atom. The minimum absolute atomic E-state index is 0.165. The molecule has 2 aromatic carbocycles. The first-order chi connectivity index (χ1) is 19.7. The van der Waals surface area contributed by atoms with Crippen molar-refractivity contribution in [3.05, 3.63) is 119 Å². The van der Waals surface area contributed by atoms with Gasteiger partial charge in [0.25, 0.3) is 5.91 Å². The Morgan fingerprint density at radius 1 is 1.00 bits per heavy atom. The van der Waals surface area contributed by atoms with Gasteiger partial charge in [0.15, 0.2) is 6.10 Å². The van der Waals surface area contributed by atoms with Crippen LogP contribution in [0.2, 0.25) is 0 Å². The number of thioether (sulfide) groups is 1. The summed E-state index contributed by atoms with van der Waals surface area (Å²) >= 11 is 1.46. The largest absolute Gasteiger partial charge is 0.448 e. The van der Waals surface area contributed by atoms with Crippen molar-refractivity contribution in [2.75, 3.05) is 5.75 Å². The molecule has 1 fully saturated rings. The highest BCUT2D eigenvalue weighted by Crippen LogP contribution is 2.42. The number of benzene rings is 2. The number of nitrogens with one attached hydrogen (secondary N) is 1. The lowest BCUT2D eigenvalue weighted by Crippen LogP contribution is -2.70. The number of alkyl carbamates (subject to hydrolysis) is 1. The highest BCUT2D eigenvalue weighted by atomic mass is 32.2. The van der Waals surface area contributed by atoms with Gasteiger partial charge < -0.3 is 14.8 Å². The van der Waals surface area contributed by atoms with Crippen molar-refractivity contribution in [2.45, 2.75) is 43.9 Å². The monoisotopic (exact) mass is 569 g/mol. The second-order valence-electron chi connectivity index (χ2n) is 10.6. The molecule has 0 spiro atoms. The van der Waals surface area contributed by atoms with Gasteiger partial charge >= 0.3 is 12.1 Å². The first kappa shape index (κ1) is 28.2. The molecule has 3 heterocycles. The first-order valence-corrected chi connectivity index (χ1v) is 14.3. The van der Waals surface area contributed by atoms with Gasteiger partial charge in [0.1, 0.15) is 22.7 Å². The maximum Gasteiger partial charge on any atom is 0.408 e. The third-order valence-electron chi connectivity index (χ3n) is 6.45. The first-order valence-electron chi connectivity index (χ1n) is 13.3. The zero-order valence-corrected chi connectivity index (χ0v) is 23.8. The summed E-state index contributed by atoms with van der Waals surface area (Å²) in [5, 5.41) is 2.20. The Kier molecular flexibility index (Phi) is 8.26. The SMILES string of the molecule is CC(C)(C)OC(=O)N[C@@H]1C(=O)N2C(C(=O)OC(c3ccccc3)c3ccccc3)=C(/C=C/c3cccnc3)CS[C@@H]12. The molecule has 2 aliphatic rings. The van der Waals surface area contributed by atoms with Crippen LogP contribution in [0.15, 0.2) is 103 Å².